The number of carbonyl (C=O) groups is 1. The summed E-state index contributed by atoms with van der Waals surface area (Å²) in [5.41, 5.74) is 5.80. The fraction of sp³-hybridized carbons (Fsp3) is 0.909. The average Bonchev–Trinajstić information content (AvgIpc) is 2.93. The highest BCUT2D eigenvalue weighted by Gasteiger charge is 2.41. The highest BCUT2D eigenvalue weighted by atomic mass is 16.1. The minimum Gasteiger partial charge on any atom is -0.356 e. The van der Waals surface area contributed by atoms with Crippen LogP contribution in [0.4, 0.5) is 0 Å². The second kappa shape index (κ2) is 5.35. The van der Waals surface area contributed by atoms with E-state index >= 15 is 0 Å². The van der Waals surface area contributed by atoms with Crippen molar-refractivity contribution in [3.8, 4) is 0 Å². The quantitative estimate of drug-likeness (QED) is 0.650. The van der Waals surface area contributed by atoms with Crippen molar-refractivity contribution in [3.05, 3.63) is 0 Å². The van der Waals surface area contributed by atoms with E-state index < -0.39 is 0 Å². The molecule has 0 unspecified atom stereocenters. The Bertz CT molecular complexity index is 188. The van der Waals surface area contributed by atoms with Gasteiger partial charge < -0.3 is 11.1 Å². The predicted octanol–water partition coefficient (Wildman–Crippen LogP) is 1.42. The molecular weight excluding hydrogens is 176 g/mol. The second-order valence-corrected chi connectivity index (χ2v) is 4.42. The highest BCUT2D eigenvalue weighted by molar-refractivity contribution is 5.75. The molecule has 0 heterocycles. The van der Waals surface area contributed by atoms with E-state index in [1.807, 2.05) is 0 Å². The molecule has 0 aliphatic heterocycles. The Kier molecular flexibility index (Phi) is 4.39. The molecule has 1 aliphatic rings. The van der Waals surface area contributed by atoms with Crippen molar-refractivity contribution in [3.63, 3.8) is 0 Å². The molecule has 0 aromatic carbocycles. The first kappa shape index (κ1) is 11.5. The molecule has 1 aliphatic carbocycles. The van der Waals surface area contributed by atoms with E-state index in [0.29, 0.717) is 18.4 Å². The fourth-order valence-electron chi connectivity index (χ4n) is 1.86. The molecule has 1 amide bonds. The number of hydrogen-bond donors (Lipinski definition) is 2. The molecule has 82 valence electrons. The summed E-state index contributed by atoms with van der Waals surface area (Å²) in [5.74, 6) is 0.165. The summed E-state index contributed by atoms with van der Waals surface area (Å²) < 4.78 is 0. The molecule has 0 aromatic heterocycles. The molecule has 0 radical (unpaired) electrons. The summed E-state index contributed by atoms with van der Waals surface area (Å²) in [6.07, 6.45) is 6.43. The molecule has 1 saturated carbocycles. The summed E-state index contributed by atoms with van der Waals surface area (Å²) in [6.45, 7) is 3.69. The van der Waals surface area contributed by atoms with Crippen molar-refractivity contribution in [1.82, 2.24) is 5.32 Å². The van der Waals surface area contributed by atoms with Crippen molar-refractivity contribution in [1.29, 1.82) is 0 Å². The lowest BCUT2D eigenvalue weighted by molar-refractivity contribution is -0.121. The van der Waals surface area contributed by atoms with Crippen molar-refractivity contribution >= 4 is 5.91 Å². The van der Waals surface area contributed by atoms with Gasteiger partial charge in [-0.2, -0.15) is 0 Å². The number of rotatable bonds is 7. The van der Waals surface area contributed by atoms with Gasteiger partial charge in [0.2, 0.25) is 5.91 Å². The standard InChI is InChI=1S/C11H22N2O/c1-2-5-11(6-7-11)9-13-10(14)4-3-8-12/h2-9,12H2,1H3,(H,13,14). The van der Waals surface area contributed by atoms with Gasteiger partial charge in [0.05, 0.1) is 0 Å². The third-order valence-electron chi connectivity index (χ3n) is 3.01. The summed E-state index contributed by atoms with van der Waals surface area (Å²) >= 11 is 0. The monoisotopic (exact) mass is 198 g/mol. The van der Waals surface area contributed by atoms with Crippen LogP contribution in [0.2, 0.25) is 0 Å². The number of nitrogens with two attached hydrogens (primary N) is 1. The Balaban J connectivity index is 2.10. The Morgan fingerprint density at radius 3 is 2.71 bits per heavy atom. The number of carbonyl (C=O) groups excluding carboxylic acids is 1. The molecule has 3 N–H and O–H groups in total. The van der Waals surface area contributed by atoms with Crippen LogP contribution in [0, 0.1) is 5.41 Å². The zero-order valence-corrected chi connectivity index (χ0v) is 9.14. The van der Waals surface area contributed by atoms with E-state index in [1.54, 1.807) is 0 Å². The van der Waals surface area contributed by atoms with Gasteiger partial charge in [-0.3, -0.25) is 4.79 Å². The van der Waals surface area contributed by atoms with Crippen LogP contribution in [0.15, 0.2) is 0 Å². The highest BCUT2D eigenvalue weighted by Crippen LogP contribution is 2.48. The van der Waals surface area contributed by atoms with E-state index in [1.165, 1.54) is 25.7 Å². The molecule has 0 bridgehead atoms. The van der Waals surface area contributed by atoms with E-state index in [0.717, 1.165) is 13.0 Å². The zero-order chi connectivity index (χ0) is 10.4. The van der Waals surface area contributed by atoms with Crippen LogP contribution >= 0.6 is 0 Å². The zero-order valence-electron chi connectivity index (χ0n) is 9.14. The van der Waals surface area contributed by atoms with Crippen molar-refractivity contribution in [2.45, 2.75) is 45.4 Å². The van der Waals surface area contributed by atoms with Crippen LogP contribution in [0.25, 0.3) is 0 Å². The van der Waals surface area contributed by atoms with Crippen LogP contribution in [0.5, 0.6) is 0 Å². The SMILES string of the molecule is CCCC1(CNC(=O)CCCN)CC1. The van der Waals surface area contributed by atoms with Gasteiger partial charge in [0.1, 0.15) is 0 Å². The Hall–Kier alpha value is -0.570. The van der Waals surface area contributed by atoms with Crippen molar-refractivity contribution in [2.24, 2.45) is 11.1 Å². The topological polar surface area (TPSA) is 55.1 Å². The van der Waals surface area contributed by atoms with Crippen molar-refractivity contribution < 1.29 is 4.79 Å². The largest absolute Gasteiger partial charge is 0.356 e. The first-order valence-corrected chi connectivity index (χ1v) is 5.69. The van der Waals surface area contributed by atoms with Gasteiger partial charge >= 0.3 is 0 Å². The maximum absolute atomic E-state index is 11.3. The van der Waals surface area contributed by atoms with Gasteiger partial charge in [0, 0.05) is 13.0 Å². The average molecular weight is 198 g/mol. The molecule has 0 saturated heterocycles. The van der Waals surface area contributed by atoms with Gasteiger partial charge in [-0.15, -0.1) is 0 Å². The molecule has 1 fully saturated rings. The van der Waals surface area contributed by atoms with Crippen LogP contribution in [-0.4, -0.2) is 19.0 Å². The number of amides is 1. The van der Waals surface area contributed by atoms with E-state index in [4.69, 9.17) is 5.73 Å². The number of hydrogen-bond acceptors (Lipinski definition) is 2. The summed E-state index contributed by atoms with van der Waals surface area (Å²) in [6, 6.07) is 0. The minimum atomic E-state index is 0.165. The molecule has 3 nitrogen and oxygen atoms in total. The van der Waals surface area contributed by atoms with Gasteiger partial charge in [-0.1, -0.05) is 13.3 Å². The molecule has 0 aromatic rings. The lowest BCUT2D eigenvalue weighted by atomic mass is 10.0. The molecule has 0 atom stereocenters. The van der Waals surface area contributed by atoms with Gasteiger partial charge in [-0.25, -0.2) is 0 Å². The maximum atomic E-state index is 11.3. The Morgan fingerprint density at radius 2 is 2.21 bits per heavy atom. The third-order valence-corrected chi connectivity index (χ3v) is 3.01. The molecule has 14 heavy (non-hydrogen) atoms. The third kappa shape index (κ3) is 3.66. The molecule has 1 rings (SSSR count). The predicted molar refractivity (Wildman–Crippen MR) is 57.9 cm³/mol. The first-order chi connectivity index (χ1) is 6.72. The minimum absolute atomic E-state index is 0.165. The lowest BCUT2D eigenvalue weighted by Gasteiger charge is -2.14. The second-order valence-electron chi connectivity index (χ2n) is 4.42. The number of nitrogens with one attached hydrogen (secondary N) is 1. The normalized spacial score (nSPS) is 17.9. The van der Waals surface area contributed by atoms with Gasteiger partial charge in [-0.05, 0) is 37.6 Å². The Labute approximate surface area is 86.4 Å². The van der Waals surface area contributed by atoms with E-state index in [2.05, 4.69) is 12.2 Å². The van der Waals surface area contributed by atoms with Crippen LogP contribution in [0.3, 0.4) is 0 Å². The lowest BCUT2D eigenvalue weighted by Crippen LogP contribution is -2.30. The van der Waals surface area contributed by atoms with Crippen LogP contribution in [0.1, 0.15) is 45.4 Å². The first-order valence-electron chi connectivity index (χ1n) is 5.69. The van der Waals surface area contributed by atoms with Gasteiger partial charge in [0.25, 0.3) is 0 Å². The Morgan fingerprint density at radius 1 is 1.50 bits per heavy atom. The van der Waals surface area contributed by atoms with Crippen LogP contribution < -0.4 is 11.1 Å². The van der Waals surface area contributed by atoms with Gasteiger partial charge in [0.15, 0.2) is 0 Å². The van der Waals surface area contributed by atoms with E-state index in [-0.39, 0.29) is 5.91 Å². The maximum Gasteiger partial charge on any atom is 0.220 e. The molecule has 0 spiro atoms. The molecular formula is C11H22N2O. The van der Waals surface area contributed by atoms with Crippen molar-refractivity contribution in [2.75, 3.05) is 13.1 Å². The van der Waals surface area contributed by atoms with Crippen LogP contribution in [-0.2, 0) is 4.79 Å². The summed E-state index contributed by atoms with van der Waals surface area (Å²) in [7, 11) is 0. The molecule has 3 heteroatoms. The summed E-state index contributed by atoms with van der Waals surface area (Å²) in [5, 5.41) is 3.01. The fourth-order valence-corrected chi connectivity index (χ4v) is 1.86. The smallest absolute Gasteiger partial charge is 0.220 e. The summed E-state index contributed by atoms with van der Waals surface area (Å²) in [4.78, 5) is 11.3. The van der Waals surface area contributed by atoms with E-state index in [9.17, 15) is 4.79 Å².